The van der Waals surface area contributed by atoms with Gasteiger partial charge in [0.2, 0.25) is 0 Å². The van der Waals surface area contributed by atoms with Crippen molar-refractivity contribution in [3.63, 3.8) is 0 Å². The van der Waals surface area contributed by atoms with E-state index in [1.54, 1.807) is 6.08 Å². The number of thioether (sulfide) groups is 1. The fourth-order valence-corrected chi connectivity index (χ4v) is 3.64. The Morgan fingerprint density at radius 2 is 1.74 bits per heavy atom. The first-order valence-corrected chi connectivity index (χ1v) is 9.85. The molecule has 2 amide bonds. The third-order valence-corrected chi connectivity index (χ3v) is 5.44. The highest BCUT2D eigenvalue weighted by Crippen LogP contribution is 2.34. The zero-order valence-corrected chi connectivity index (χ0v) is 16.6. The summed E-state index contributed by atoms with van der Waals surface area (Å²) in [4.78, 5) is 26.4. The number of ether oxygens (including phenoxy) is 1. The van der Waals surface area contributed by atoms with Crippen molar-refractivity contribution in [2.45, 2.75) is 39.8 Å². The van der Waals surface area contributed by atoms with E-state index in [0.717, 1.165) is 35.1 Å². The second-order valence-electron chi connectivity index (χ2n) is 6.65. The van der Waals surface area contributed by atoms with E-state index in [-0.39, 0.29) is 17.2 Å². The molecule has 0 saturated carbocycles. The van der Waals surface area contributed by atoms with Crippen LogP contribution in [0.3, 0.4) is 0 Å². The molecular formula is C22H23NO3S. The van der Waals surface area contributed by atoms with Crippen LogP contribution < -0.4 is 4.74 Å². The lowest BCUT2D eigenvalue weighted by molar-refractivity contribution is -0.124. The number of aryl methyl sites for hydroxylation is 1. The first-order valence-electron chi connectivity index (χ1n) is 9.03. The number of hydrogen-bond donors (Lipinski definition) is 0. The smallest absolute Gasteiger partial charge is 0.293 e. The molecule has 0 bridgehead atoms. The molecule has 4 nitrogen and oxygen atoms in total. The van der Waals surface area contributed by atoms with Crippen LogP contribution in [0, 0.1) is 6.92 Å². The van der Waals surface area contributed by atoms with Crippen molar-refractivity contribution in [3.05, 3.63) is 70.1 Å². The summed E-state index contributed by atoms with van der Waals surface area (Å²) in [5.74, 6) is 0.555. The van der Waals surface area contributed by atoms with E-state index in [1.807, 2.05) is 38.1 Å². The van der Waals surface area contributed by atoms with Crippen molar-refractivity contribution < 1.29 is 14.3 Å². The maximum atomic E-state index is 12.5. The topological polar surface area (TPSA) is 46.6 Å². The number of rotatable bonds is 6. The van der Waals surface area contributed by atoms with Crippen molar-refractivity contribution in [2.75, 3.05) is 0 Å². The van der Waals surface area contributed by atoms with E-state index in [1.165, 1.54) is 10.5 Å². The van der Waals surface area contributed by atoms with E-state index in [2.05, 4.69) is 31.2 Å². The van der Waals surface area contributed by atoms with Crippen LogP contribution in [0.1, 0.15) is 37.0 Å². The summed E-state index contributed by atoms with van der Waals surface area (Å²) in [5, 5.41) is -0.196. The number of imide groups is 1. The predicted molar refractivity (Wildman–Crippen MR) is 110 cm³/mol. The van der Waals surface area contributed by atoms with Crippen LogP contribution in [-0.4, -0.2) is 22.1 Å². The van der Waals surface area contributed by atoms with E-state index in [4.69, 9.17) is 4.74 Å². The van der Waals surface area contributed by atoms with E-state index in [0.29, 0.717) is 11.5 Å². The Kier molecular flexibility index (Phi) is 6.01. The Balaban J connectivity index is 1.65. The molecule has 0 N–H and O–H groups in total. The van der Waals surface area contributed by atoms with Gasteiger partial charge in [0, 0.05) is 6.04 Å². The fourth-order valence-electron chi connectivity index (χ4n) is 2.71. The van der Waals surface area contributed by atoms with Crippen LogP contribution in [0.15, 0.2) is 53.4 Å². The molecule has 1 fully saturated rings. The van der Waals surface area contributed by atoms with Gasteiger partial charge in [0.25, 0.3) is 11.1 Å². The summed E-state index contributed by atoms with van der Waals surface area (Å²) in [6.07, 6.45) is 2.51. The molecule has 1 heterocycles. The van der Waals surface area contributed by atoms with E-state index in [9.17, 15) is 9.59 Å². The van der Waals surface area contributed by atoms with Crippen LogP contribution in [0.2, 0.25) is 0 Å². The monoisotopic (exact) mass is 381 g/mol. The number of nitrogens with zero attached hydrogens (tertiary/aromatic N) is 1. The molecule has 1 saturated heterocycles. The minimum Gasteiger partial charge on any atom is -0.489 e. The van der Waals surface area contributed by atoms with Crippen LogP contribution in [0.25, 0.3) is 6.08 Å². The quantitative estimate of drug-likeness (QED) is 0.628. The standard InChI is InChI=1S/C22H23NO3S/c1-4-16(3)23-21(24)20(27-22(23)25)13-17-9-11-19(12-10-17)26-14-18-7-5-15(2)6-8-18/h5-13,16H,4,14H2,1-3H3/b20-13+/t16-/m1/s1. The van der Waals surface area contributed by atoms with Gasteiger partial charge in [-0.2, -0.15) is 0 Å². The van der Waals surface area contributed by atoms with Gasteiger partial charge in [0.05, 0.1) is 4.91 Å². The Bertz CT molecular complexity index is 856. The Morgan fingerprint density at radius 1 is 1.07 bits per heavy atom. The second kappa shape index (κ2) is 8.44. The van der Waals surface area contributed by atoms with Crippen LogP contribution >= 0.6 is 11.8 Å². The Hall–Kier alpha value is -2.53. The summed E-state index contributed by atoms with van der Waals surface area (Å²) in [7, 11) is 0. The lowest BCUT2D eigenvalue weighted by Crippen LogP contribution is -2.36. The molecular weight excluding hydrogens is 358 g/mol. The second-order valence-corrected chi connectivity index (χ2v) is 7.65. The molecule has 5 heteroatoms. The van der Waals surface area contributed by atoms with Gasteiger partial charge in [-0.05, 0) is 61.4 Å². The van der Waals surface area contributed by atoms with Crippen molar-refractivity contribution in [3.8, 4) is 5.75 Å². The third-order valence-electron chi connectivity index (χ3n) is 4.56. The Labute approximate surface area is 164 Å². The van der Waals surface area contributed by atoms with Crippen molar-refractivity contribution in [1.82, 2.24) is 4.90 Å². The summed E-state index contributed by atoms with van der Waals surface area (Å²) >= 11 is 1.00. The molecule has 2 aromatic rings. The molecule has 0 aromatic heterocycles. The molecule has 0 unspecified atom stereocenters. The molecule has 1 aliphatic heterocycles. The predicted octanol–water partition coefficient (Wildman–Crippen LogP) is 5.41. The van der Waals surface area contributed by atoms with Gasteiger partial charge < -0.3 is 4.74 Å². The summed E-state index contributed by atoms with van der Waals surface area (Å²) in [5.41, 5.74) is 3.21. The Morgan fingerprint density at radius 3 is 2.37 bits per heavy atom. The van der Waals surface area contributed by atoms with Gasteiger partial charge in [-0.25, -0.2) is 0 Å². The lowest BCUT2D eigenvalue weighted by Gasteiger charge is -2.19. The molecule has 2 aromatic carbocycles. The number of amides is 2. The third kappa shape index (κ3) is 4.61. The highest BCUT2D eigenvalue weighted by Gasteiger charge is 2.37. The van der Waals surface area contributed by atoms with Crippen LogP contribution in [0.4, 0.5) is 4.79 Å². The highest BCUT2D eigenvalue weighted by molar-refractivity contribution is 8.18. The molecule has 140 valence electrons. The number of carbonyl (C=O) groups excluding carboxylic acids is 2. The van der Waals surface area contributed by atoms with Crippen molar-refractivity contribution in [2.24, 2.45) is 0 Å². The maximum absolute atomic E-state index is 12.5. The molecule has 0 spiro atoms. The molecule has 0 aliphatic carbocycles. The summed E-state index contributed by atoms with van der Waals surface area (Å²) in [6.45, 7) is 6.42. The largest absolute Gasteiger partial charge is 0.489 e. The van der Waals surface area contributed by atoms with Gasteiger partial charge in [0.1, 0.15) is 12.4 Å². The van der Waals surface area contributed by atoms with Crippen molar-refractivity contribution >= 4 is 29.0 Å². The lowest BCUT2D eigenvalue weighted by atomic mass is 10.1. The number of hydrogen-bond acceptors (Lipinski definition) is 4. The molecule has 0 radical (unpaired) electrons. The summed E-state index contributed by atoms with van der Waals surface area (Å²) < 4.78 is 5.80. The molecule has 27 heavy (non-hydrogen) atoms. The zero-order chi connectivity index (χ0) is 19.4. The van der Waals surface area contributed by atoms with Gasteiger partial charge in [-0.15, -0.1) is 0 Å². The van der Waals surface area contributed by atoms with E-state index >= 15 is 0 Å². The van der Waals surface area contributed by atoms with Crippen LogP contribution in [0.5, 0.6) is 5.75 Å². The highest BCUT2D eigenvalue weighted by atomic mass is 32.2. The molecule has 3 rings (SSSR count). The van der Waals surface area contributed by atoms with Gasteiger partial charge in [0.15, 0.2) is 0 Å². The fraction of sp³-hybridized carbons (Fsp3) is 0.273. The van der Waals surface area contributed by atoms with Crippen molar-refractivity contribution in [1.29, 1.82) is 0 Å². The number of benzene rings is 2. The minimum absolute atomic E-state index is 0.0825. The maximum Gasteiger partial charge on any atom is 0.293 e. The average Bonchev–Trinajstić information content (AvgIpc) is 2.95. The first-order chi connectivity index (χ1) is 13.0. The zero-order valence-electron chi connectivity index (χ0n) is 15.8. The van der Waals surface area contributed by atoms with E-state index < -0.39 is 0 Å². The SMILES string of the molecule is CC[C@@H](C)N1C(=O)S/C(=C/c2ccc(OCc3ccc(C)cc3)cc2)C1=O. The molecule has 1 aliphatic rings. The number of carbonyl (C=O) groups is 2. The van der Waals surface area contributed by atoms with Crippen LogP contribution in [-0.2, 0) is 11.4 Å². The van der Waals surface area contributed by atoms with Gasteiger partial charge in [-0.3, -0.25) is 14.5 Å². The van der Waals surface area contributed by atoms with Gasteiger partial charge in [-0.1, -0.05) is 48.9 Å². The van der Waals surface area contributed by atoms with Gasteiger partial charge >= 0.3 is 0 Å². The normalized spacial score (nSPS) is 16.9. The minimum atomic E-state index is -0.209. The molecule has 1 atom stereocenters. The average molecular weight is 381 g/mol. The summed E-state index contributed by atoms with van der Waals surface area (Å²) in [6, 6.07) is 15.7. The first kappa shape index (κ1) is 19.2.